The van der Waals surface area contributed by atoms with E-state index in [4.69, 9.17) is 9.47 Å². The van der Waals surface area contributed by atoms with Crippen LogP contribution in [-0.2, 0) is 0 Å². The van der Waals surface area contributed by atoms with E-state index in [0.29, 0.717) is 22.7 Å². The summed E-state index contributed by atoms with van der Waals surface area (Å²) in [5, 5.41) is 4.19. The number of hydrogen-bond acceptors (Lipinski definition) is 4. The van der Waals surface area contributed by atoms with Crippen LogP contribution in [0, 0.1) is 0 Å². The number of benzene rings is 1. The fourth-order valence-electron chi connectivity index (χ4n) is 1.96. The molecule has 0 atom stereocenters. The molecule has 1 aromatic carbocycles. The van der Waals surface area contributed by atoms with Gasteiger partial charge < -0.3 is 14.8 Å². The Morgan fingerprint density at radius 2 is 1.81 bits per heavy atom. The van der Waals surface area contributed by atoms with Gasteiger partial charge in [-0.1, -0.05) is 0 Å². The lowest BCUT2D eigenvalue weighted by Crippen LogP contribution is -2.15. The third-order valence-corrected chi connectivity index (χ3v) is 2.97. The lowest BCUT2D eigenvalue weighted by Gasteiger charge is -2.13. The third kappa shape index (κ3) is 3.68. The fourth-order valence-corrected chi connectivity index (χ4v) is 1.96. The molecule has 2 rings (SSSR count). The average molecular weight is 300 g/mol. The standard InChI is InChI=1S/C14H15F3N2O2/c1-20-11-7-9-3-5-18-13(10(9)8-12(11)21-2)19-6-4-14(15,16)17/h3,5,7-8H,4,6H2,1-2H3,(H,18,19). The summed E-state index contributed by atoms with van der Waals surface area (Å²) in [6.07, 6.45) is -3.58. The minimum absolute atomic E-state index is 0.232. The van der Waals surface area contributed by atoms with Crippen molar-refractivity contribution in [1.82, 2.24) is 4.98 Å². The summed E-state index contributed by atoms with van der Waals surface area (Å²) in [5.41, 5.74) is 0. The Balaban J connectivity index is 2.31. The number of hydrogen-bond donors (Lipinski definition) is 1. The zero-order valence-electron chi connectivity index (χ0n) is 11.6. The molecule has 1 N–H and O–H groups in total. The first-order valence-electron chi connectivity index (χ1n) is 6.26. The number of rotatable bonds is 5. The van der Waals surface area contributed by atoms with Crippen LogP contribution in [0.5, 0.6) is 11.5 Å². The normalized spacial score (nSPS) is 11.5. The highest BCUT2D eigenvalue weighted by Crippen LogP contribution is 2.34. The minimum Gasteiger partial charge on any atom is -0.493 e. The van der Waals surface area contributed by atoms with Crippen molar-refractivity contribution in [3.05, 3.63) is 24.4 Å². The van der Waals surface area contributed by atoms with Crippen molar-refractivity contribution in [3.8, 4) is 11.5 Å². The summed E-state index contributed by atoms with van der Waals surface area (Å²) in [6.45, 7) is -0.232. The maximum Gasteiger partial charge on any atom is 0.390 e. The van der Waals surface area contributed by atoms with E-state index in [1.165, 1.54) is 20.4 Å². The van der Waals surface area contributed by atoms with Crippen LogP contribution in [0.3, 0.4) is 0 Å². The smallest absolute Gasteiger partial charge is 0.390 e. The van der Waals surface area contributed by atoms with Crippen molar-refractivity contribution in [2.45, 2.75) is 12.6 Å². The van der Waals surface area contributed by atoms with Crippen LogP contribution >= 0.6 is 0 Å². The van der Waals surface area contributed by atoms with E-state index in [-0.39, 0.29) is 6.54 Å². The van der Waals surface area contributed by atoms with E-state index >= 15 is 0 Å². The van der Waals surface area contributed by atoms with Crippen LogP contribution in [0.2, 0.25) is 0 Å². The molecule has 0 radical (unpaired) electrons. The molecule has 0 bridgehead atoms. The lowest BCUT2D eigenvalue weighted by molar-refractivity contribution is -0.131. The average Bonchev–Trinajstić information content (AvgIpc) is 2.44. The molecule has 1 heterocycles. The van der Waals surface area contributed by atoms with E-state index in [2.05, 4.69) is 10.3 Å². The number of halogens is 3. The van der Waals surface area contributed by atoms with Gasteiger partial charge in [-0.25, -0.2) is 4.98 Å². The highest BCUT2D eigenvalue weighted by Gasteiger charge is 2.26. The molecule has 0 aliphatic rings. The second-order valence-electron chi connectivity index (χ2n) is 4.38. The molecular formula is C14H15F3N2O2. The Labute approximate surface area is 119 Å². The molecule has 0 spiro atoms. The van der Waals surface area contributed by atoms with Crippen molar-refractivity contribution in [2.24, 2.45) is 0 Å². The highest BCUT2D eigenvalue weighted by atomic mass is 19.4. The Hall–Kier alpha value is -2.18. The maximum absolute atomic E-state index is 12.2. The maximum atomic E-state index is 12.2. The van der Waals surface area contributed by atoms with Crippen LogP contribution in [-0.4, -0.2) is 31.9 Å². The number of alkyl halides is 3. The van der Waals surface area contributed by atoms with Gasteiger partial charge in [0.05, 0.1) is 20.6 Å². The second kappa shape index (κ2) is 6.07. The van der Waals surface area contributed by atoms with E-state index in [1.54, 1.807) is 18.2 Å². The van der Waals surface area contributed by atoms with Crippen LogP contribution in [0.25, 0.3) is 10.8 Å². The number of nitrogens with one attached hydrogen (secondary N) is 1. The second-order valence-corrected chi connectivity index (χ2v) is 4.38. The van der Waals surface area contributed by atoms with Gasteiger partial charge in [-0.3, -0.25) is 0 Å². The van der Waals surface area contributed by atoms with Gasteiger partial charge in [-0.15, -0.1) is 0 Å². The van der Waals surface area contributed by atoms with Gasteiger partial charge in [0, 0.05) is 18.1 Å². The number of pyridine rings is 1. The van der Waals surface area contributed by atoms with Crippen molar-refractivity contribution >= 4 is 16.6 Å². The van der Waals surface area contributed by atoms with Gasteiger partial charge in [0.2, 0.25) is 0 Å². The number of nitrogens with zero attached hydrogens (tertiary/aromatic N) is 1. The molecule has 0 fully saturated rings. The zero-order valence-corrected chi connectivity index (χ0v) is 11.6. The number of anilines is 1. The monoisotopic (exact) mass is 300 g/mol. The Bertz CT molecular complexity index is 629. The Kier molecular flexibility index (Phi) is 4.40. The van der Waals surface area contributed by atoms with Crippen molar-refractivity contribution in [1.29, 1.82) is 0 Å². The largest absolute Gasteiger partial charge is 0.493 e. The molecule has 21 heavy (non-hydrogen) atoms. The van der Waals surface area contributed by atoms with E-state index in [1.807, 2.05) is 0 Å². The summed E-state index contributed by atoms with van der Waals surface area (Å²) in [5.74, 6) is 1.44. The quantitative estimate of drug-likeness (QED) is 0.916. The lowest BCUT2D eigenvalue weighted by atomic mass is 10.1. The summed E-state index contributed by atoms with van der Waals surface area (Å²) in [6, 6.07) is 5.20. The van der Waals surface area contributed by atoms with E-state index in [9.17, 15) is 13.2 Å². The van der Waals surface area contributed by atoms with Crippen molar-refractivity contribution in [2.75, 3.05) is 26.1 Å². The fraction of sp³-hybridized carbons (Fsp3) is 0.357. The van der Waals surface area contributed by atoms with Gasteiger partial charge in [0.15, 0.2) is 11.5 Å². The predicted octanol–water partition coefficient (Wildman–Crippen LogP) is 3.62. The molecule has 0 aliphatic heterocycles. The first-order chi connectivity index (χ1) is 9.94. The predicted molar refractivity (Wildman–Crippen MR) is 74.0 cm³/mol. The number of aromatic nitrogens is 1. The van der Waals surface area contributed by atoms with Crippen molar-refractivity contribution in [3.63, 3.8) is 0 Å². The van der Waals surface area contributed by atoms with Crippen LogP contribution < -0.4 is 14.8 Å². The topological polar surface area (TPSA) is 43.4 Å². The first-order valence-corrected chi connectivity index (χ1v) is 6.26. The van der Waals surface area contributed by atoms with Gasteiger partial charge in [-0.2, -0.15) is 13.2 Å². The molecule has 0 unspecified atom stereocenters. The van der Waals surface area contributed by atoms with Gasteiger partial charge in [-0.05, 0) is 23.6 Å². The molecule has 4 nitrogen and oxygen atoms in total. The van der Waals surface area contributed by atoms with Gasteiger partial charge in [0.25, 0.3) is 0 Å². The van der Waals surface area contributed by atoms with Crippen LogP contribution in [0.1, 0.15) is 6.42 Å². The Morgan fingerprint density at radius 1 is 1.14 bits per heavy atom. The number of fused-ring (bicyclic) bond motifs is 1. The Morgan fingerprint density at radius 3 is 2.43 bits per heavy atom. The zero-order chi connectivity index (χ0) is 15.5. The number of methoxy groups -OCH3 is 2. The van der Waals surface area contributed by atoms with Crippen molar-refractivity contribution < 1.29 is 22.6 Å². The number of ether oxygens (including phenoxy) is 2. The molecule has 114 valence electrons. The molecule has 1 aromatic heterocycles. The van der Waals surface area contributed by atoms with Gasteiger partial charge >= 0.3 is 6.18 Å². The minimum atomic E-state index is -4.20. The first kappa shape index (κ1) is 15.2. The third-order valence-electron chi connectivity index (χ3n) is 2.97. The summed E-state index contributed by atoms with van der Waals surface area (Å²) in [7, 11) is 3.02. The molecule has 2 aromatic rings. The molecule has 0 amide bonds. The SMILES string of the molecule is COc1cc2ccnc(NCCC(F)(F)F)c2cc1OC. The van der Waals surface area contributed by atoms with Crippen LogP contribution in [0.15, 0.2) is 24.4 Å². The summed E-state index contributed by atoms with van der Waals surface area (Å²) < 4.78 is 47.0. The van der Waals surface area contributed by atoms with E-state index in [0.717, 1.165) is 5.39 Å². The molecule has 0 aliphatic carbocycles. The molecule has 7 heteroatoms. The summed E-state index contributed by atoms with van der Waals surface area (Å²) in [4.78, 5) is 4.08. The van der Waals surface area contributed by atoms with E-state index < -0.39 is 12.6 Å². The molecular weight excluding hydrogens is 285 g/mol. The molecule has 0 saturated heterocycles. The van der Waals surface area contributed by atoms with Crippen LogP contribution in [0.4, 0.5) is 19.0 Å². The highest BCUT2D eigenvalue weighted by molar-refractivity contribution is 5.94. The molecule has 0 saturated carbocycles. The summed E-state index contributed by atoms with van der Waals surface area (Å²) >= 11 is 0. The van der Waals surface area contributed by atoms with Gasteiger partial charge in [0.1, 0.15) is 5.82 Å².